The summed E-state index contributed by atoms with van der Waals surface area (Å²) in [5, 5.41) is 0. The fraction of sp³-hybridized carbons (Fsp3) is 0.900. The number of nitrogens with zero attached hydrogens (tertiary/aromatic N) is 1. The van der Waals surface area contributed by atoms with E-state index in [0.717, 1.165) is 6.04 Å². The Morgan fingerprint density at radius 1 is 1.31 bits per heavy atom. The van der Waals surface area contributed by atoms with Gasteiger partial charge in [-0.1, -0.05) is 19.6 Å². The number of piperidine rings is 1. The number of Topliss-reactive ketones (excluding diaryl/α,β-unsaturated/α-hetero) is 1. The maximum absolute atomic E-state index is 12.0. The van der Waals surface area contributed by atoms with Gasteiger partial charge in [-0.2, -0.15) is 4.31 Å². The molecule has 0 atom stereocenters. The molecule has 0 aromatic rings. The zero-order valence-corrected chi connectivity index (χ0v) is 12.1. The quantitative estimate of drug-likeness (QED) is 0.719. The van der Waals surface area contributed by atoms with Gasteiger partial charge in [0.1, 0.15) is 5.78 Å². The first-order valence-electron chi connectivity index (χ1n) is 5.70. The van der Waals surface area contributed by atoms with E-state index in [9.17, 15) is 13.2 Å². The topological polar surface area (TPSA) is 54.5 Å². The van der Waals surface area contributed by atoms with Crippen LogP contribution in [0.25, 0.3) is 0 Å². The number of carbonyl (C=O) groups excluding carboxylic acids is 1. The Bertz CT molecular complexity index is 359. The summed E-state index contributed by atoms with van der Waals surface area (Å²) in [7, 11) is -4.54. The van der Waals surface area contributed by atoms with E-state index in [0.29, 0.717) is 19.4 Å². The molecule has 6 heteroatoms. The summed E-state index contributed by atoms with van der Waals surface area (Å²) in [6.07, 6.45) is 1.20. The number of carbonyl (C=O) groups is 1. The van der Waals surface area contributed by atoms with Gasteiger partial charge in [-0.05, 0) is 12.5 Å². The van der Waals surface area contributed by atoms with Crippen molar-refractivity contribution < 1.29 is 13.2 Å². The SMILES string of the molecule is C[Si](C)(C)CCS(=O)(=O)N1CCCC(=O)C1. The lowest BCUT2D eigenvalue weighted by molar-refractivity contribution is -0.120. The van der Waals surface area contributed by atoms with Crippen LogP contribution in [-0.4, -0.2) is 45.4 Å². The molecule has 1 heterocycles. The lowest BCUT2D eigenvalue weighted by atomic mass is 10.1. The van der Waals surface area contributed by atoms with Crippen LogP contribution in [0.4, 0.5) is 0 Å². The minimum atomic E-state index is -3.20. The molecule has 1 rings (SSSR count). The molecule has 0 aromatic carbocycles. The van der Waals surface area contributed by atoms with Gasteiger partial charge >= 0.3 is 0 Å². The molecule has 1 fully saturated rings. The molecule has 0 aromatic heterocycles. The fourth-order valence-electron chi connectivity index (χ4n) is 1.61. The average molecular weight is 263 g/mol. The third-order valence-corrected chi connectivity index (χ3v) is 6.65. The highest BCUT2D eigenvalue weighted by atomic mass is 32.2. The molecule has 4 nitrogen and oxygen atoms in total. The largest absolute Gasteiger partial charge is 0.298 e. The van der Waals surface area contributed by atoms with Crippen LogP contribution in [0.5, 0.6) is 0 Å². The normalized spacial score (nSPS) is 20.1. The summed E-state index contributed by atoms with van der Waals surface area (Å²) in [6.45, 7) is 7.07. The monoisotopic (exact) mass is 263 g/mol. The molecule has 0 amide bonds. The van der Waals surface area contributed by atoms with E-state index >= 15 is 0 Å². The predicted octanol–water partition coefficient (Wildman–Crippen LogP) is 1.32. The third kappa shape index (κ3) is 4.35. The first kappa shape index (κ1) is 13.9. The van der Waals surface area contributed by atoms with Crippen LogP contribution in [0, 0.1) is 0 Å². The van der Waals surface area contributed by atoms with Gasteiger partial charge in [-0.3, -0.25) is 4.79 Å². The maximum atomic E-state index is 12.0. The van der Waals surface area contributed by atoms with Gasteiger partial charge < -0.3 is 0 Å². The summed E-state index contributed by atoms with van der Waals surface area (Å²) in [5.41, 5.74) is 0. The Morgan fingerprint density at radius 2 is 1.94 bits per heavy atom. The van der Waals surface area contributed by atoms with Crippen LogP contribution in [0.3, 0.4) is 0 Å². The second-order valence-electron chi connectivity index (χ2n) is 5.60. The smallest absolute Gasteiger partial charge is 0.214 e. The Kier molecular flexibility index (Phi) is 4.31. The Hall–Kier alpha value is -0.203. The van der Waals surface area contributed by atoms with Gasteiger partial charge in [0, 0.05) is 21.0 Å². The van der Waals surface area contributed by atoms with E-state index in [1.807, 2.05) is 0 Å². The zero-order chi connectivity index (χ0) is 12.4. The first-order valence-corrected chi connectivity index (χ1v) is 11.0. The van der Waals surface area contributed by atoms with Crippen molar-refractivity contribution in [3.8, 4) is 0 Å². The van der Waals surface area contributed by atoms with Crippen molar-refractivity contribution in [2.45, 2.75) is 38.5 Å². The van der Waals surface area contributed by atoms with Gasteiger partial charge in [0.05, 0.1) is 12.3 Å². The highest BCUT2D eigenvalue weighted by molar-refractivity contribution is 7.89. The molecule has 0 saturated carbocycles. The summed E-state index contributed by atoms with van der Waals surface area (Å²) in [5.74, 6) is 0.249. The molecule has 0 bridgehead atoms. The van der Waals surface area contributed by atoms with E-state index in [2.05, 4.69) is 19.6 Å². The molecule has 1 saturated heterocycles. The molecular weight excluding hydrogens is 242 g/mol. The second-order valence-corrected chi connectivity index (χ2v) is 13.3. The van der Waals surface area contributed by atoms with Crippen LogP contribution in [0.15, 0.2) is 0 Å². The molecule has 0 N–H and O–H groups in total. The van der Waals surface area contributed by atoms with E-state index in [1.54, 1.807) is 0 Å². The highest BCUT2D eigenvalue weighted by Gasteiger charge is 2.28. The number of ketones is 1. The van der Waals surface area contributed by atoms with Crippen LogP contribution in [0.2, 0.25) is 25.7 Å². The van der Waals surface area contributed by atoms with Crippen molar-refractivity contribution >= 4 is 23.9 Å². The minimum absolute atomic E-state index is 0.0443. The van der Waals surface area contributed by atoms with Crippen molar-refractivity contribution in [2.75, 3.05) is 18.8 Å². The Morgan fingerprint density at radius 3 is 2.44 bits per heavy atom. The van der Waals surface area contributed by atoms with Gasteiger partial charge in [0.15, 0.2) is 0 Å². The zero-order valence-electron chi connectivity index (χ0n) is 10.3. The van der Waals surface area contributed by atoms with Crippen LogP contribution in [0.1, 0.15) is 12.8 Å². The number of rotatable bonds is 4. The van der Waals surface area contributed by atoms with Gasteiger partial charge in [-0.15, -0.1) is 0 Å². The Balaban J connectivity index is 2.60. The number of hydrogen-bond acceptors (Lipinski definition) is 3. The molecule has 94 valence electrons. The lowest BCUT2D eigenvalue weighted by Crippen LogP contribution is -2.42. The highest BCUT2D eigenvalue weighted by Crippen LogP contribution is 2.16. The maximum Gasteiger partial charge on any atom is 0.214 e. The summed E-state index contributed by atoms with van der Waals surface area (Å²) in [4.78, 5) is 11.2. The van der Waals surface area contributed by atoms with Crippen molar-refractivity contribution in [2.24, 2.45) is 0 Å². The van der Waals surface area contributed by atoms with Crippen molar-refractivity contribution in [3.63, 3.8) is 0 Å². The summed E-state index contributed by atoms with van der Waals surface area (Å²) < 4.78 is 25.3. The van der Waals surface area contributed by atoms with Crippen LogP contribution in [-0.2, 0) is 14.8 Å². The van der Waals surface area contributed by atoms with Crippen LogP contribution < -0.4 is 0 Å². The van der Waals surface area contributed by atoms with Gasteiger partial charge in [0.2, 0.25) is 10.0 Å². The second kappa shape index (κ2) is 4.97. The standard InChI is InChI=1S/C10H21NO3SSi/c1-16(2,3)8-7-15(13,14)11-6-4-5-10(12)9-11/h4-9H2,1-3H3. The van der Waals surface area contributed by atoms with Gasteiger partial charge in [0.25, 0.3) is 0 Å². The molecular formula is C10H21NO3SSi. The predicted molar refractivity (Wildman–Crippen MR) is 67.8 cm³/mol. The molecule has 1 aliphatic rings. The molecule has 0 radical (unpaired) electrons. The third-order valence-electron chi connectivity index (χ3n) is 2.72. The van der Waals surface area contributed by atoms with Crippen molar-refractivity contribution in [3.05, 3.63) is 0 Å². The number of sulfonamides is 1. The van der Waals surface area contributed by atoms with E-state index in [1.165, 1.54) is 4.31 Å². The average Bonchev–Trinajstić information content (AvgIpc) is 2.14. The summed E-state index contributed by atoms with van der Waals surface area (Å²) >= 11 is 0. The molecule has 0 spiro atoms. The van der Waals surface area contributed by atoms with E-state index in [-0.39, 0.29) is 18.1 Å². The van der Waals surface area contributed by atoms with Gasteiger partial charge in [-0.25, -0.2) is 8.42 Å². The molecule has 16 heavy (non-hydrogen) atoms. The lowest BCUT2D eigenvalue weighted by Gasteiger charge is -2.26. The molecule has 0 aliphatic carbocycles. The van der Waals surface area contributed by atoms with E-state index < -0.39 is 18.1 Å². The molecule has 0 unspecified atom stereocenters. The van der Waals surface area contributed by atoms with Crippen molar-refractivity contribution in [1.82, 2.24) is 4.31 Å². The van der Waals surface area contributed by atoms with E-state index in [4.69, 9.17) is 0 Å². The fourth-order valence-corrected chi connectivity index (χ4v) is 6.10. The van der Waals surface area contributed by atoms with Crippen LogP contribution >= 0.6 is 0 Å². The van der Waals surface area contributed by atoms with Crippen molar-refractivity contribution in [1.29, 1.82) is 0 Å². The molecule has 1 aliphatic heterocycles. The number of hydrogen-bond donors (Lipinski definition) is 0. The first-order chi connectivity index (χ1) is 7.21. The summed E-state index contributed by atoms with van der Waals surface area (Å²) in [6, 6.07) is 0.764. The Labute approximate surface area is 99.1 Å². The minimum Gasteiger partial charge on any atom is -0.298 e.